The van der Waals surface area contributed by atoms with Gasteiger partial charge in [0, 0.05) is 12.1 Å². The minimum atomic E-state index is -1.11. The lowest BCUT2D eigenvalue weighted by atomic mass is 10.0. The molecule has 1 aliphatic rings. The number of hydrogen-bond donors (Lipinski definition) is 5. The van der Waals surface area contributed by atoms with E-state index in [1.54, 1.807) is 24.3 Å². The van der Waals surface area contributed by atoms with Crippen molar-refractivity contribution in [2.45, 2.75) is 24.6 Å². The molecule has 192 valence electrons. The molecule has 3 aromatic rings. The maximum absolute atomic E-state index is 13.1. The molecule has 0 spiro atoms. The molecule has 0 bridgehead atoms. The molecular formula is C24H22FN5O6S. The Balaban J connectivity index is 1.59. The van der Waals surface area contributed by atoms with Gasteiger partial charge in [-0.15, -0.1) is 0 Å². The van der Waals surface area contributed by atoms with Crippen LogP contribution >= 0.6 is 11.8 Å². The molecular weight excluding hydrogens is 505 g/mol. The monoisotopic (exact) mass is 527 g/mol. The fraction of sp³-hybridized carbons (Fsp3) is 0.208. The van der Waals surface area contributed by atoms with E-state index in [1.807, 2.05) is 6.92 Å². The van der Waals surface area contributed by atoms with Crippen LogP contribution in [0.4, 0.5) is 10.1 Å². The molecule has 4 rings (SSSR count). The van der Waals surface area contributed by atoms with Crippen molar-refractivity contribution >= 4 is 34.4 Å². The molecule has 2 heterocycles. The van der Waals surface area contributed by atoms with E-state index in [-0.39, 0.29) is 17.2 Å². The van der Waals surface area contributed by atoms with Crippen LogP contribution in [0.1, 0.15) is 30.5 Å². The Morgan fingerprint density at radius 1 is 1.14 bits per heavy atom. The zero-order chi connectivity index (χ0) is 26.5. The number of hydrogen-bond acceptors (Lipinski definition) is 8. The predicted octanol–water partition coefficient (Wildman–Crippen LogP) is 2.01. The molecule has 13 heteroatoms. The lowest BCUT2D eigenvalue weighted by Crippen LogP contribution is -2.29. The number of aromatic nitrogens is 2. The number of amides is 2. The van der Waals surface area contributed by atoms with Gasteiger partial charge in [0.2, 0.25) is 17.7 Å². The van der Waals surface area contributed by atoms with Gasteiger partial charge in [-0.25, -0.2) is 14.2 Å². The number of thioether (sulfide) groups is 1. The van der Waals surface area contributed by atoms with Crippen LogP contribution in [0.2, 0.25) is 0 Å². The third kappa shape index (κ3) is 6.25. The largest absolute Gasteiger partial charge is 0.494 e. The van der Waals surface area contributed by atoms with Crippen LogP contribution < -0.4 is 26.6 Å². The van der Waals surface area contributed by atoms with Crippen molar-refractivity contribution in [2.24, 2.45) is 4.99 Å². The first-order valence-electron chi connectivity index (χ1n) is 11.1. The van der Waals surface area contributed by atoms with E-state index in [2.05, 4.69) is 25.6 Å². The highest BCUT2D eigenvalue weighted by molar-refractivity contribution is 8.15. The maximum Gasteiger partial charge on any atom is 0.328 e. The first kappa shape index (κ1) is 25.7. The van der Waals surface area contributed by atoms with Crippen LogP contribution in [-0.2, 0) is 9.59 Å². The number of rotatable bonds is 8. The lowest BCUT2D eigenvalue weighted by molar-refractivity contribution is -0.122. The van der Waals surface area contributed by atoms with Gasteiger partial charge in [-0.05, 0) is 48.9 Å². The van der Waals surface area contributed by atoms with Gasteiger partial charge in [0.25, 0.3) is 5.56 Å². The zero-order valence-corrected chi connectivity index (χ0v) is 20.2. The second-order valence-corrected chi connectivity index (χ2v) is 9.06. The Kier molecular flexibility index (Phi) is 7.72. The average molecular weight is 528 g/mol. The van der Waals surface area contributed by atoms with Crippen molar-refractivity contribution in [1.82, 2.24) is 15.3 Å². The molecule has 2 aromatic carbocycles. The summed E-state index contributed by atoms with van der Waals surface area (Å²) in [5, 5.41) is 14.8. The van der Waals surface area contributed by atoms with Gasteiger partial charge in [0.15, 0.2) is 5.17 Å². The Bertz CT molecular complexity index is 1450. The van der Waals surface area contributed by atoms with Crippen molar-refractivity contribution in [3.63, 3.8) is 0 Å². The number of carbonyl (C=O) groups is 2. The number of aromatic amines is 2. The smallest absolute Gasteiger partial charge is 0.328 e. The normalized spacial score (nSPS) is 16.9. The summed E-state index contributed by atoms with van der Waals surface area (Å²) < 4.78 is 18.5. The van der Waals surface area contributed by atoms with E-state index in [4.69, 9.17) is 4.74 Å². The molecule has 37 heavy (non-hydrogen) atoms. The van der Waals surface area contributed by atoms with Crippen LogP contribution in [0.5, 0.6) is 11.6 Å². The van der Waals surface area contributed by atoms with Gasteiger partial charge >= 0.3 is 5.69 Å². The maximum atomic E-state index is 13.1. The Hall–Kier alpha value is -4.39. The summed E-state index contributed by atoms with van der Waals surface area (Å²) in [7, 11) is 0. The first-order valence-corrected chi connectivity index (χ1v) is 12.0. The van der Waals surface area contributed by atoms with E-state index >= 15 is 0 Å². The van der Waals surface area contributed by atoms with Crippen molar-refractivity contribution in [3.8, 4) is 11.6 Å². The van der Waals surface area contributed by atoms with Gasteiger partial charge in [-0.2, -0.15) is 0 Å². The first-order chi connectivity index (χ1) is 17.7. The van der Waals surface area contributed by atoms with Crippen LogP contribution in [0.25, 0.3) is 0 Å². The lowest BCUT2D eigenvalue weighted by Gasteiger charge is -2.15. The van der Waals surface area contributed by atoms with Crippen molar-refractivity contribution < 1.29 is 23.8 Å². The Labute approximate surface area is 213 Å². The molecule has 1 aliphatic heterocycles. The minimum Gasteiger partial charge on any atom is -0.494 e. The second kappa shape index (κ2) is 11.1. The number of halogens is 1. The molecule has 1 fully saturated rings. The SMILES string of the molecule is CCOc1ccc([C@H](N=C2NC(=O)[C@H](CC(=O)Nc3ccc(F)cc3)S2)c2c(O)[nH]c(=O)[nH]c2=O)cc1. The van der Waals surface area contributed by atoms with E-state index in [1.165, 1.54) is 24.3 Å². The molecule has 11 nitrogen and oxygen atoms in total. The van der Waals surface area contributed by atoms with Crippen LogP contribution in [0.15, 0.2) is 63.1 Å². The zero-order valence-electron chi connectivity index (χ0n) is 19.4. The average Bonchev–Trinajstić information content (AvgIpc) is 3.18. The quantitative estimate of drug-likeness (QED) is 0.299. The third-order valence-electron chi connectivity index (χ3n) is 5.26. The third-order valence-corrected chi connectivity index (χ3v) is 6.36. The molecule has 5 N–H and O–H groups in total. The van der Waals surface area contributed by atoms with Gasteiger partial charge in [0.1, 0.15) is 28.4 Å². The van der Waals surface area contributed by atoms with Crippen molar-refractivity contribution in [2.75, 3.05) is 11.9 Å². The topological polar surface area (TPSA) is 166 Å². The van der Waals surface area contributed by atoms with Gasteiger partial charge in [-0.3, -0.25) is 24.4 Å². The predicted molar refractivity (Wildman–Crippen MR) is 135 cm³/mol. The second-order valence-electron chi connectivity index (χ2n) is 7.86. The summed E-state index contributed by atoms with van der Waals surface area (Å²) in [5.41, 5.74) is -1.12. The fourth-order valence-corrected chi connectivity index (χ4v) is 4.58. The number of ether oxygens (including phenoxy) is 1. The summed E-state index contributed by atoms with van der Waals surface area (Å²) in [6, 6.07) is 10.7. The van der Waals surface area contributed by atoms with E-state index in [0.29, 0.717) is 23.6 Å². The summed E-state index contributed by atoms with van der Waals surface area (Å²) in [5.74, 6) is -1.46. The van der Waals surface area contributed by atoms with E-state index in [9.17, 15) is 28.7 Å². The van der Waals surface area contributed by atoms with Crippen molar-refractivity contribution in [3.05, 3.63) is 86.3 Å². The highest BCUT2D eigenvalue weighted by Crippen LogP contribution is 2.32. The standard InChI is InChI=1S/C24H22FN5O6S/c1-2-36-15-9-3-12(4-10-15)19(18-21(33)28-23(35)29-22(18)34)27-24-30-20(32)16(37-24)11-17(31)26-14-7-5-13(25)6-8-14/h3-10,16,19H,2,11H2,1H3,(H,26,31)(H,27,30,32)(H3,28,29,33,34,35)/t16-,19-/m0/s1. The van der Waals surface area contributed by atoms with Gasteiger partial charge in [0.05, 0.1) is 6.61 Å². The van der Waals surface area contributed by atoms with Crippen molar-refractivity contribution in [1.29, 1.82) is 0 Å². The number of aliphatic imine (C=N–C) groups is 1. The minimum absolute atomic E-state index is 0.119. The molecule has 0 saturated carbocycles. The molecule has 2 amide bonds. The van der Waals surface area contributed by atoms with Crippen LogP contribution in [0.3, 0.4) is 0 Å². The number of aromatic hydroxyl groups is 1. The summed E-state index contributed by atoms with van der Waals surface area (Å²) >= 11 is 0.982. The Morgan fingerprint density at radius 2 is 1.84 bits per heavy atom. The molecule has 0 aliphatic carbocycles. The number of anilines is 1. The van der Waals surface area contributed by atoms with Gasteiger partial charge < -0.3 is 20.5 Å². The number of nitrogens with zero attached hydrogens (tertiary/aromatic N) is 1. The molecule has 1 aromatic heterocycles. The number of nitrogens with one attached hydrogen (secondary N) is 4. The molecule has 0 unspecified atom stereocenters. The number of benzene rings is 2. The van der Waals surface area contributed by atoms with E-state index in [0.717, 1.165) is 11.8 Å². The fourth-order valence-electron chi connectivity index (χ4n) is 3.59. The molecule has 1 saturated heterocycles. The summed E-state index contributed by atoms with van der Waals surface area (Å²) in [6.45, 7) is 2.28. The number of amidine groups is 1. The molecule has 0 radical (unpaired) electrons. The number of carbonyl (C=O) groups excluding carboxylic acids is 2. The summed E-state index contributed by atoms with van der Waals surface area (Å²) in [6.07, 6.45) is -0.189. The van der Waals surface area contributed by atoms with Crippen LogP contribution in [0, 0.1) is 5.82 Å². The van der Waals surface area contributed by atoms with E-state index < -0.39 is 46.1 Å². The van der Waals surface area contributed by atoms with Gasteiger partial charge in [-0.1, -0.05) is 23.9 Å². The van der Waals surface area contributed by atoms with Crippen LogP contribution in [-0.4, -0.2) is 43.9 Å². The molecule has 2 atom stereocenters. The number of H-pyrrole nitrogens is 2. The highest BCUT2D eigenvalue weighted by Gasteiger charge is 2.33. The Morgan fingerprint density at radius 3 is 2.49 bits per heavy atom. The highest BCUT2D eigenvalue weighted by atomic mass is 32.2. The summed E-state index contributed by atoms with van der Waals surface area (Å²) in [4.78, 5) is 57.8.